The Morgan fingerprint density at radius 2 is 2.06 bits per heavy atom. The summed E-state index contributed by atoms with van der Waals surface area (Å²) in [6.45, 7) is 2.66. The van der Waals surface area contributed by atoms with Crippen molar-refractivity contribution in [2.75, 3.05) is 11.9 Å². The van der Waals surface area contributed by atoms with Gasteiger partial charge in [-0.05, 0) is 36.2 Å². The summed E-state index contributed by atoms with van der Waals surface area (Å²) in [5.41, 5.74) is 2.94. The smallest absolute Gasteiger partial charge is 0.146 e. The first-order valence-corrected chi connectivity index (χ1v) is 5.99. The highest BCUT2D eigenvalue weighted by Gasteiger charge is 2.22. The van der Waals surface area contributed by atoms with Crippen LogP contribution in [0.3, 0.4) is 0 Å². The predicted octanol–water partition coefficient (Wildman–Crippen LogP) is 3.68. The Morgan fingerprint density at radius 1 is 1.22 bits per heavy atom. The average molecular weight is 243 g/mol. The van der Waals surface area contributed by atoms with Crippen LogP contribution in [0.15, 0.2) is 42.5 Å². The summed E-state index contributed by atoms with van der Waals surface area (Å²) in [6, 6.07) is 12.6. The van der Waals surface area contributed by atoms with Crippen LogP contribution < -0.4 is 10.1 Å². The van der Waals surface area contributed by atoms with Crippen LogP contribution in [0.5, 0.6) is 5.75 Å². The first kappa shape index (κ1) is 11.1. The molecule has 92 valence electrons. The molecule has 3 rings (SSSR count). The SMILES string of the molecule is Cc1cccc2c1OC(c1cccc(F)c1)CN2. The van der Waals surface area contributed by atoms with Gasteiger partial charge in [0.1, 0.15) is 17.7 Å². The number of para-hydroxylation sites is 1. The van der Waals surface area contributed by atoms with Gasteiger partial charge in [0.15, 0.2) is 0 Å². The lowest BCUT2D eigenvalue weighted by Crippen LogP contribution is -2.24. The molecule has 0 amide bonds. The molecule has 18 heavy (non-hydrogen) atoms. The van der Waals surface area contributed by atoms with E-state index in [0.717, 1.165) is 22.6 Å². The van der Waals surface area contributed by atoms with Gasteiger partial charge in [0.25, 0.3) is 0 Å². The van der Waals surface area contributed by atoms with Gasteiger partial charge in [-0.15, -0.1) is 0 Å². The summed E-state index contributed by atoms with van der Waals surface area (Å²) >= 11 is 0. The second kappa shape index (κ2) is 4.33. The van der Waals surface area contributed by atoms with Crippen LogP contribution in [-0.4, -0.2) is 6.54 Å². The third-order valence-corrected chi connectivity index (χ3v) is 3.17. The third-order valence-electron chi connectivity index (χ3n) is 3.17. The van der Waals surface area contributed by atoms with Gasteiger partial charge in [-0.1, -0.05) is 24.3 Å². The van der Waals surface area contributed by atoms with Crippen LogP contribution >= 0.6 is 0 Å². The molecule has 0 aliphatic carbocycles. The number of rotatable bonds is 1. The minimum Gasteiger partial charge on any atom is -0.481 e. The normalized spacial score (nSPS) is 17.6. The lowest BCUT2D eigenvalue weighted by molar-refractivity contribution is 0.208. The first-order chi connectivity index (χ1) is 8.74. The van der Waals surface area contributed by atoms with E-state index < -0.39 is 0 Å². The van der Waals surface area contributed by atoms with Gasteiger partial charge >= 0.3 is 0 Å². The number of anilines is 1. The monoisotopic (exact) mass is 243 g/mol. The van der Waals surface area contributed by atoms with E-state index in [1.54, 1.807) is 6.07 Å². The van der Waals surface area contributed by atoms with Gasteiger partial charge in [0, 0.05) is 0 Å². The van der Waals surface area contributed by atoms with Crippen LogP contribution in [-0.2, 0) is 0 Å². The highest BCUT2D eigenvalue weighted by Crippen LogP contribution is 2.36. The van der Waals surface area contributed by atoms with Crippen LogP contribution in [0, 0.1) is 12.7 Å². The van der Waals surface area contributed by atoms with Crippen LogP contribution in [0.25, 0.3) is 0 Å². The Balaban J connectivity index is 1.93. The topological polar surface area (TPSA) is 21.3 Å². The molecule has 1 N–H and O–H groups in total. The minimum absolute atomic E-state index is 0.144. The highest BCUT2D eigenvalue weighted by molar-refractivity contribution is 5.61. The van der Waals surface area contributed by atoms with Crippen molar-refractivity contribution in [2.45, 2.75) is 13.0 Å². The molecule has 1 heterocycles. The van der Waals surface area contributed by atoms with Gasteiger partial charge < -0.3 is 10.1 Å². The number of nitrogens with one attached hydrogen (secondary N) is 1. The van der Waals surface area contributed by atoms with Gasteiger partial charge in [0.05, 0.1) is 12.2 Å². The molecule has 0 fully saturated rings. The summed E-state index contributed by atoms with van der Waals surface area (Å²) in [5, 5.41) is 3.32. The number of hydrogen-bond donors (Lipinski definition) is 1. The number of hydrogen-bond acceptors (Lipinski definition) is 2. The Kier molecular flexibility index (Phi) is 2.67. The maximum atomic E-state index is 13.2. The molecule has 2 aromatic carbocycles. The molecule has 1 unspecified atom stereocenters. The van der Waals surface area contributed by atoms with Crippen molar-refractivity contribution in [1.29, 1.82) is 0 Å². The minimum atomic E-state index is -0.230. The fraction of sp³-hybridized carbons (Fsp3) is 0.200. The molecular weight excluding hydrogens is 229 g/mol. The van der Waals surface area contributed by atoms with Gasteiger partial charge in [0.2, 0.25) is 0 Å². The van der Waals surface area contributed by atoms with Gasteiger partial charge in [-0.3, -0.25) is 0 Å². The van der Waals surface area contributed by atoms with Gasteiger partial charge in [-0.25, -0.2) is 4.39 Å². The molecule has 2 aromatic rings. The number of halogens is 1. The van der Waals surface area contributed by atoms with Crippen molar-refractivity contribution in [3.8, 4) is 5.75 Å². The molecule has 1 aliphatic rings. The van der Waals surface area contributed by atoms with E-state index in [0.29, 0.717) is 6.54 Å². The summed E-state index contributed by atoms with van der Waals surface area (Å²) in [6.07, 6.45) is -0.144. The summed E-state index contributed by atoms with van der Waals surface area (Å²) in [7, 11) is 0. The Hall–Kier alpha value is -2.03. The van der Waals surface area contributed by atoms with Crippen molar-refractivity contribution < 1.29 is 9.13 Å². The van der Waals surface area contributed by atoms with E-state index in [1.807, 2.05) is 31.2 Å². The molecule has 1 aliphatic heterocycles. The highest BCUT2D eigenvalue weighted by atomic mass is 19.1. The van der Waals surface area contributed by atoms with E-state index in [1.165, 1.54) is 12.1 Å². The molecule has 1 atom stereocenters. The van der Waals surface area contributed by atoms with Crippen LogP contribution in [0.1, 0.15) is 17.2 Å². The molecule has 0 bridgehead atoms. The first-order valence-electron chi connectivity index (χ1n) is 5.99. The Bertz CT molecular complexity index is 582. The quantitative estimate of drug-likeness (QED) is 0.825. The number of aryl methyl sites for hydroxylation is 1. The molecule has 2 nitrogen and oxygen atoms in total. The van der Waals surface area contributed by atoms with Crippen molar-refractivity contribution in [2.24, 2.45) is 0 Å². The van der Waals surface area contributed by atoms with Crippen molar-refractivity contribution in [1.82, 2.24) is 0 Å². The van der Waals surface area contributed by atoms with Crippen molar-refractivity contribution >= 4 is 5.69 Å². The fourth-order valence-electron chi connectivity index (χ4n) is 2.23. The Labute approximate surface area is 105 Å². The maximum Gasteiger partial charge on any atom is 0.146 e. The van der Waals surface area contributed by atoms with E-state index in [2.05, 4.69) is 5.32 Å². The number of benzene rings is 2. The maximum absolute atomic E-state index is 13.2. The van der Waals surface area contributed by atoms with E-state index in [4.69, 9.17) is 4.74 Å². The standard InChI is InChI=1S/C15H14FNO/c1-10-4-2-7-13-15(10)18-14(9-17-13)11-5-3-6-12(16)8-11/h2-8,14,17H,9H2,1H3. The van der Waals surface area contributed by atoms with E-state index in [9.17, 15) is 4.39 Å². The third kappa shape index (κ3) is 1.92. The van der Waals surface area contributed by atoms with Gasteiger partial charge in [-0.2, -0.15) is 0 Å². The molecule has 3 heteroatoms. The lowest BCUT2D eigenvalue weighted by Gasteiger charge is -2.28. The van der Waals surface area contributed by atoms with Crippen molar-refractivity contribution in [3.05, 3.63) is 59.4 Å². The largest absolute Gasteiger partial charge is 0.481 e. The second-order valence-corrected chi connectivity index (χ2v) is 4.49. The molecule has 0 saturated carbocycles. The molecule has 0 aromatic heterocycles. The summed E-state index contributed by atoms with van der Waals surface area (Å²) in [5.74, 6) is 0.629. The van der Waals surface area contributed by atoms with Crippen LogP contribution in [0.4, 0.5) is 10.1 Å². The Morgan fingerprint density at radius 3 is 2.89 bits per heavy atom. The number of fused-ring (bicyclic) bond motifs is 1. The van der Waals surface area contributed by atoms with Crippen LogP contribution in [0.2, 0.25) is 0 Å². The lowest BCUT2D eigenvalue weighted by atomic mass is 10.1. The average Bonchev–Trinajstić information content (AvgIpc) is 2.39. The van der Waals surface area contributed by atoms with E-state index in [-0.39, 0.29) is 11.9 Å². The zero-order chi connectivity index (χ0) is 12.5. The van der Waals surface area contributed by atoms with E-state index >= 15 is 0 Å². The van der Waals surface area contributed by atoms with Crippen molar-refractivity contribution in [3.63, 3.8) is 0 Å². The fourth-order valence-corrected chi connectivity index (χ4v) is 2.23. The zero-order valence-corrected chi connectivity index (χ0v) is 10.1. The zero-order valence-electron chi connectivity index (χ0n) is 10.1. The molecular formula is C15H14FNO. The second-order valence-electron chi connectivity index (χ2n) is 4.49. The number of ether oxygens (including phenoxy) is 1. The predicted molar refractivity (Wildman–Crippen MR) is 69.4 cm³/mol. The molecule has 0 radical (unpaired) electrons. The summed E-state index contributed by atoms with van der Waals surface area (Å²) < 4.78 is 19.2. The molecule has 0 saturated heterocycles. The molecule has 0 spiro atoms. The summed E-state index contributed by atoms with van der Waals surface area (Å²) in [4.78, 5) is 0.